The summed E-state index contributed by atoms with van der Waals surface area (Å²) < 4.78 is 0. The van der Waals surface area contributed by atoms with E-state index in [-0.39, 0.29) is 5.78 Å². The summed E-state index contributed by atoms with van der Waals surface area (Å²) in [6.45, 7) is 4.28. The van der Waals surface area contributed by atoms with Crippen LogP contribution in [-0.2, 0) is 6.42 Å². The topological polar surface area (TPSA) is 17.1 Å². The fourth-order valence-electron chi connectivity index (χ4n) is 3.37. The number of hydrogen-bond acceptors (Lipinski definition) is 1. The Kier molecular flexibility index (Phi) is 6.89. The van der Waals surface area contributed by atoms with Crippen LogP contribution in [0, 0.1) is 0 Å². The Hall–Kier alpha value is -1.37. The largest absolute Gasteiger partial charge is 0.289 e. The Balaban J connectivity index is 1.74. The van der Waals surface area contributed by atoms with E-state index in [1.165, 1.54) is 62.5 Å². The molecule has 0 aliphatic heterocycles. The second kappa shape index (κ2) is 8.92. The van der Waals surface area contributed by atoms with E-state index in [2.05, 4.69) is 13.0 Å². The predicted molar refractivity (Wildman–Crippen MR) is 94.4 cm³/mol. The first kappa shape index (κ1) is 17.0. The lowest BCUT2D eigenvalue weighted by Crippen LogP contribution is -2.14. The van der Waals surface area contributed by atoms with Crippen molar-refractivity contribution in [1.29, 1.82) is 0 Å². The van der Waals surface area contributed by atoms with Crippen LogP contribution in [0.5, 0.6) is 0 Å². The monoisotopic (exact) mass is 298 g/mol. The molecular formula is C21H30O. The van der Waals surface area contributed by atoms with Gasteiger partial charge >= 0.3 is 0 Å². The Labute approximate surface area is 135 Å². The quantitative estimate of drug-likeness (QED) is 0.491. The van der Waals surface area contributed by atoms with Crippen LogP contribution in [-0.4, -0.2) is 5.78 Å². The van der Waals surface area contributed by atoms with Crippen molar-refractivity contribution in [2.24, 2.45) is 0 Å². The zero-order valence-electron chi connectivity index (χ0n) is 14.3. The van der Waals surface area contributed by atoms with E-state index in [1.54, 1.807) is 0 Å². The van der Waals surface area contributed by atoms with Gasteiger partial charge in [-0.2, -0.15) is 0 Å². The number of rotatable bonds is 9. The van der Waals surface area contributed by atoms with Gasteiger partial charge in [0.25, 0.3) is 0 Å². The molecule has 0 saturated heterocycles. The van der Waals surface area contributed by atoms with Gasteiger partial charge in [0.1, 0.15) is 0 Å². The Morgan fingerprint density at radius 2 is 1.55 bits per heavy atom. The van der Waals surface area contributed by atoms with Crippen molar-refractivity contribution in [3.8, 4) is 0 Å². The zero-order valence-corrected chi connectivity index (χ0v) is 14.3. The lowest BCUT2D eigenvalue weighted by Gasteiger charge is -2.20. The lowest BCUT2D eigenvalue weighted by molar-refractivity contribution is 0.102. The van der Waals surface area contributed by atoms with Crippen molar-refractivity contribution in [3.63, 3.8) is 0 Å². The van der Waals surface area contributed by atoms with Crippen LogP contribution in [0.25, 0.3) is 0 Å². The minimum absolute atomic E-state index is 0.247. The first-order valence-corrected chi connectivity index (χ1v) is 9.05. The number of fused-ring (bicyclic) bond motifs is 1. The molecule has 1 aliphatic carbocycles. The van der Waals surface area contributed by atoms with Crippen molar-refractivity contribution in [3.05, 3.63) is 46.5 Å². The molecule has 22 heavy (non-hydrogen) atoms. The Bertz CT molecular complexity index is 524. The first-order valence-electron chi connectivity index (χ1n) is 9.05. The third kappa shape index (κ3) is 4.56. The number of carbonyl (C=O) groups is 1. The molecule has 1 aliphatic rings. The molecule has 1 aromatic carbocycles. The second-order valence-corrected chi connectivity index (χ2v) is 6.62. The smallest absolute Gasteiger partial charge is 0.188 e. The summed E-state index contributed by atoms with van der Waals surface area (Å²) in [4.78, 5) is 12.4. The van der Waals surface area contributed by atoms with E-state index in [0.717, 1.165) is 24.0 Å². The van der Waals surface area contributed by atoms with Crippen molar-refractivity contribution < 1.29 is 4.79 Å². The van der Waals surface area contributed by atoms with Gasteiger partial charge in [0, 0.05) is 5.56 Å². The summed E-state index contributed by atoms with van der Waals surface area (Å²) >= 11 is 0. The van der Waals surface area contributed by atoms with Crippen molar-refractivity contribution >= 4 is 5.78 Å². The molecule has 0 N–H and O–H groups in total. The molecular weight excluding hydrogens is 268 g/mol. The molecule has 0 unspecified atom stereocenters. The first-order chi connectivity index (χ1) is 10.7. The summed E-state index contributed by atoms with van der Waals surface area (Å²) in [5, 5.41) is 0. The number of carbonyl (C=O) groups excluding carboxylic acids is 1. The Morgan fingerprint density at radius 1 is 0.909 bits per heavy atom. The molecule has 120 valence electrons. The summed E-state index contributed by atoms with van der Waals surface area (Å²) in [6.07, 6.45) is 12.8. The molecule has 0 radical (unpaired) electrons. The van der Waals surface area contributed by atoms with Gasteiger partial charge in [0.2, 0.25) is 0 Å². The van der Waals surface area contributed by atoms with Crippen LogP contribution in [0.3, 0.4) is 0 Å². The van der Waals surface area contributed by atoms with Gasteiger partial charge in [-0.25, -0.2) is 0 Å². The van der Waals surface area contributed by atoms with Crippen molar-refractivity contribution in [2.45, 2.75) is 78.1 Å². The SMILES string of the molecule is CCCCCCCCCCC1=C(C)C(=O)c2ccccc2C1. The average molecular weight is 298 g/mol. The van der Waals surface area contributed by atoms with E-state index >= 15 is 0 Å². The maximum Gasteiger partial charge on any atom is 0.188 e. The summed E-state index contributed by atoms with van der Waals surface area (Å²) in [7, 11) is 0. The summed E-state index contributed by atoms with van der Waals surface area (Å²) in [6, 6.07) is 8.08. The molecule has 1 aromatic rings. The van der Waals surface area contributed by atoms with E-state index in [1.807, 2.05) is 25.1 Å². The van der Waals surface area contributed by atoms with E-state index < -0.39 is 0 Å². The molecule has 1 nitrogen and oxygen atoms in total. The molecule has 0 saturated carbocycles. The molecule has 0 amide bonds. The van der Waals surface area contributed by atoms with Gasteiger partial charge in [-0.05, 0) is 37.3 Å². The lowest BCUT2D eigenvalue weighted by atomic mass is 9.83. The highest BCUT2D eigenvalue weighted by Gasteiger charge is 2.21. The van der Waals surface area contributed by atoms with Gasteiger partial charge in [-0.15, -0.1) is 0 Å². The standard InChI is InChI=1S/C21H30O/c1-3-4-5-6-7-8-9-10-13-18-16-19-14-11-12-15-20(19)21(22)17(18)2/h11-12,14-15H,3-10,13,16H2,1-2H3. The van der Waals surface area contributed by atoms with Crippen LogP contribution in [0.4, 0.5) is 0 Å². The molecule has 0 fully saturated rings. The Morgan fingerprint density at radius 3 is 2.27 bits per heavy atom. The van der Waals surface area contributed by atoms with Crippen LogP contribution >= 0.6 is 0 Å². The highest BCUT2D eigenvalue weighted by Crippen LogP contribution is 2.29. The zero-order chi connectivity index (χ0) is 15.8. The van der Waals surface area contributed by atoms with Gasteiger partial charge in [-0.1, -0.05) is 81.7 Å². The minimum atomic E-state index is 0.247. The predicted octanol–water partition coefficient (Wildman–Crippen LogP) is 6.27. The number of hydrogen-bond donors (Lipinski definition) is 0. The van der Waals surface area contributed by atoms with Gasteiger partial charge in [0.05, 0.1) is 0 Å². The normalized spacial score (nSPS) is 14.4. The van der Waals surface area contributed by atoms with Gasteiger partial charge in [-0.3, -0.25) is 4.79 Å². The molecule has 0 aromatic heterocycles. The number of ketones is 1. The summed E-state index contributed by atoms with van der Waals surface area (Å²) in [5.74, 6) is 0.247. The van der Waals surface area contributed by atoms with Crippen molar-refractivity contribution in [1.82, 2.24) is 0 Å². The molecule has 0 heterocycles. The average Bonchev–Trinajstić information content (AvgIpc) is 2.54. The number of unbranched alkanes of at least 4 members (excludes halogenated alkanes) is 7. The molecule has 2 rings (SSSR count). The van der Waals surface area contributed by atoms with Crippen LogP contribution in [0.2, 0.25) is 0 Å². The third-order valence-corrected chi connectivity index (χ3v) is 4.87. The number of allylic oxidation sites excluding steroid dienone is 2. The number of Topliss-reactive ketones (excluding diaryl/α,β-unsaturated/α-hetero) is 1. The maximum absolute atomic E-state index is 12.4. The third-order valence-electron chi connectivity index (χ3n) is 4.87. The minimum Gasteiger partial charge on any atom is -0.289 e. The second-order valence-electron chi connectivity index (χ2n) is 6.62. The highest BCUT2D eigenvalue weighted by molar-refractivity contribution is 6.11. The van der Waals surface area contributed by atoms with Crippen LogP contribution in [0.15, 0.2) is 35.4 Å². The van der Waals surface area contributed by atoms with Crippen LogP contribution in [0.1, 0.15) is 87.6 Å². The van der Waals surface area contributed by atoms with E-state index in [0.29, 0.717) is 0 Å². The fraction of sp³-hybridized carbons (Fsp3) is 0.571. The highest BCUT2D eigenvalue weighted by atomic mass is 16.1. The van der Waals surface area contributed by atoms with Crippen LogP contribution < -0.4 is 0 Å². The molecule has 0 bridgehead atoms. The van der Waals surface area contributed by atoms with E-state index in [9.17, 15) is 4.79 Å². The molecule has 0 spiro atoms. The summed E-state index contributed by atoms with van der Waals surface area (Å²) in [5.41, 5.74) is 4.50. The van der Waals surface area contributed by atoms with Gasteiger partial charge < -0.3 is 0 Å². The maximum atomic E-state index is 12.4. The van der Waals surface area contributed by atoms with Crippen molar-refractivity contribution in [2.75, 3.05) is 0 Å². The molecule has 1 heteroatoms. The fourth-order valence-corrected chi connectivity index (χ4v) is 3.37. The molecule has 0 atom stereocenters. The number of benzene rings is 1. The van der Waals surface area contributed by atoms with E-state index in [4.69, 9.17) is 0 Å². The van der Waals surface area contributed by atoms with Gasteiger partial charge in [0.15, 0.2) is 5.78 Å².